The Kier molecular flexibility index (Phi) is 2.67. The summed E-state index contributed by atoms with van der Waals surface area (Å²) >= 11 is 0. The van der Waals surface area contributed by atoms with Crippen molar-refractivity contribution in [2.24, 2.45) is 5.92 Å². The second-order valence-electron chi connectivity index (χ2n) is 2.54. The van der Waals surface area contributed by atoms with Crippen molar-refractivity contribution in [1.29, 1.82) is 0 Å². The molecule has 1 aliphatic rings. The van der Waals surface area contributed by atoms with Crippen molar-refractivity contribution in [3.63, 3.8) is 0 Å². The van der Waals surface area contributed by atoms with Crippen molar-refractivity contribution in [3.8, 4) is 0 Å². The molecule has 0 bridgehead atoms. The molecule has 0 N–H and O–H groups in total. The van der Waals surface area contributed by atoms with Crippen LogP contribution in [0.3, 0.4) is 0 Å². The summed E-state index contributed by atoms with van der Waals surface area (Å²) < 4.78 is 21.0. The molecule has 0 saturated heterocycles. The Bertz CT molecular complexity index is 165. The lowest BCUT2D eigenvalue weighted by atomic mass is 10.5. The lowest BCUT2D eigenvalue weighted by molar-refractivity contribution is 0.598. The van der Waals surface area contributed by atoms with E-state index in [0.29, 0.717) is 11.7 Å². The van der Waals surface area contributed by atoms with Gasteiger partial charge in [0.15, 0.2) is 0 Å². The Morgan fingerprint density at radius 1 is 1.44 bits per heavy atom. The molecule has 0 aliphatic heterocycles. The smallest absolute Gasteiger partial charge is 0.147 e. The van der Waals surface area contributed by atoms with Crippen LogP contribution in [0.25, 0.3) is 0 Å². The van der Waals surface area contributed by atoms with Crippen molar-refractivity contribution < 1.29 is 8.42 Å². The van der Waals surface area contributed by atoms with Crippen LogP contribution >= 0.6 is 0 Å². The highest BCUT2D eigenvalue weighted by Crippen LogP contribution is 2.29. The van der Waals surface area contributed by atoms with Crippen molar-refractivity contribution >= 4 is 9.84 Å². The molecule has 1 fully saturated rings. The maximum Gasteiger partial charge on any atom is 0.147 e. The van der Waals surface area contributed by atoms with Gasteiger partial charge in [0.05, 0.1) is 5.75 Å². The van der Waals surface area contributed by atoms with Crippen molar-refractivity contribution in [2.45, 2.75) is 20.3 Å². The largest absolute Gasteiger partial charge is 0.229 e. The molecule has 0 spiro atoms. The predicted molar refractivity (Wildman–Crippen MR) is 39.2 cm³/mol. The van der Waals surface area contributed by atoms with Gasteiger partial charge < -0.3 is 0 Å². The Hall–Kier alpha value is -0.0500. The molecule has 9 heavy (non-hydrogen) atoms. The fourth-order valence-corrected chi connectivity index (χ4v) is 1.90. The molecule has 56 valence electrons. The van der Waals surface area contributed by atoms with Crippen LogP contribution in [0, 0.1) is 5.92 Å². The number of hydrogen-bond donors (Lipinski definition) is 0. The topological polar surface area (TPSA) is 34.1 Å². The normalized spacial score (nSPS) is 18.8. The van der Waals surface area contributed by atoms with Gasteiger partial charge in [-0.2, -0.15) is 0 Å². The molecule has 0 unspecified atom stereocenters. The third kappa shape index (κ3) is 4.45. The second-order valence-corrected chi connectivity index (χ2v) is 4.72. The quantitative estimate of drug-likeness (QED) is 0.590. The summed E-state index contributed by atoms with van der Waals surface area (Å²) in [6.45, 7) is 0. The van der Waals surface area contributed by atoms with E-state index in [1.165, 1.54) is 6.26 Å². The van der Waals surface area contributed by atoms with Crippen LogP contribution in [-0.4, -0.2) is 20.4 Å². The van der Waals surface area contributed by atoms with Gasteiger partial charge in [0, 0.05) is 6.26 Å². The van der Waals surface area contributed by atoms with Crippen LogP contribution in [-0.2, 0) is 9.84 Å². The zero-order valence-electron chi connectivity index (χ0n) is 4.92. The van der Waals surface area contributed by atoms with Crippen LogP contribution in [0.2, 0.25) is 0 Å². The molecule has 1 saturated carbocycles. The maximum atomic E-state index is 10.5. The summed E-state index contributed by atoms with van der Waals surface area (Å²) in [6.07, 6.45) is 3.53. The first-order valence-corrected chi connectivity index (χ1v) is 4.82. The number of sulfone groups is 1. The molecule has 0 radical (unpaired) electrons. The zero-order valence-corrected chi connectivity index (χ0v) is 5.74. The van der Waals surface area contributed by atoms with Crippen LogP contribution in [0.1, 0.15) is 20.3 Å². The third-order valence-electron chi connectivity index (χ3n) is 1.24. The van der Waals surface area contributed by atoms with Crippen molar-refractivity contribution in [1.82, 2.24) is 0 Å². The van der Waals surface area contributed by atoms with Gasteiger partial charge in [0.1, 0.15) is 9.84 Å². The lowest BCUT2D eigenvalue weighted by Gasteiger charge is -1.89. The van der Waals surface area contributed by atoms with Gasteiger partial charge in [0.25, 0.3) is 0 Å². The minimum absolute atomic E-state index is 0. The lowest BCUT2D eigenvalue weighted by Crippen LogP contribution is -2.03. The van der Waals surface area contributed by atoms with Gasteiger partial charge in [-0.1, -0.05) is 7.43 Å². The van der Waals surface area contributed by atoms with E-state index in [1.807, 2.05) is 0 Å². The van der Waals surface area contributed by atoms with Gasteiger partial charge in [-0.3, -0.25) is 0 Å². The van der Waals surface area contributed by atoms with Crippen molar-refractivity contribution in [3.05, 3.63) is 0 Å². The predicted octanol–water partition coefficient (Wildman–Crippen LogP) is 1.08. The average molecular weight is 150 g/mol. The SMILES string of the molecule is C.CS(=O)(=O)CC1CC1. The zero-order chi connectivity index (χ0) is 6.20. The Balaban J connectivity index is 0.000000640. The molecular formula is C6H14O2S. The van der Waals surface area contributed by atoms with E-state index < -0.39 is 9.84 Å². The Morgan fingerprint density at radius 2 is 1.89 bits per heavy atom. The first-order chi connectivity index (χ1) is 3.58. The maximum absolute atomic E-state index is 10.5. The van der Waals surface area contributed by atoms with Gasteiger partial charge in [0.2, 0.25) is 0 Å². The molecule has 1 rings (SSSR count). The minimum atomic E-state index is -2.66. The van der Waals surface area contributed by atoms with Gasteiger partial charge in [-0.05, 0) is 18.8 Å². The van der Waals surface area contributed by atoms with Gasteiger partial charge >= 0.3 is 0 Å². The Morgan fingerprint density at radius 3 is 2.00 bits per heavy atom. The fourth-order valence-electron chi connectivity index (χ4n) is 0.713. The van der Waals surface area contributed by atoms with Gasteiger partial charge in [-0.25, -0.2) is 8.42 Å². The molecule has 0 atom stereocenters. The van der Waals surface area contributed by atoms with Crippen LogP contribution in [0.15, 0.2) is 0 Å². The van der Waals surface area contributed by atoms with E-state index >= 15 is 0 Å². The van der Waals surface area contributed by atoms with E-state index in [0.717, 1.165) is 12.8 Å². The molecule has 0 aromatic heterocycles. The molecule has 0 aromatic carbocycles. The average Bonchev–Trinajstić information content (AvgIpc) is 2.12. The number of hydrogen-bond acceptors (Lipinski definition) is 2. The summed E-state index contributed by atoms with van der Waals surface area (Å²) in [6, 6.07) is 0. The van der Waals surface area contributed by atoms with Crippen molar-refractivity contribution in [2.75, 3.05) is 12.0 Å². The monoisotopic (exact) mass is 150 g/mol. The van der Waals surface area contributed by atoms with E-state index in [1.54, 1.807) is 0 Å². The third-order valence-corrected chi connectivity index (χ3v) is 2.31. The summed E-state index contributed by atoms with van der Waals surface area (Å²) in [5, 5.41) is 0. The van der Waals surface area contributed by atoms with Crippen LogP contribution in [0.5, 0.6) is 0 Å². The van der Waals surface area contributed by atoms with E-state index in [-0.39, 0.29) is 7.43 Å². The summed E-state index contributed by atoms with van der Waals surface area (Å²) in [7, 11) is -2.66. The van der Waals surface area contributed by atoms with E-state index in [4.69, 9.17) is 0 Å². The molecule has 0 amide bonds. The Labute approximate surface area is 57.2 Å². The summed E-state index contributed by atoms with van der Waals surface area (Å²) in [5.41, 5.74) is 0. The highest BCUT2D eigenvalue weighted by molar-refractivity contribution is 7.90. The first kappa shape index (κ1) is 8.95. The molecule has 1 aliphatic carbocycles. The molecule has 0 aromatic rings. The summed E-state index contributed by atoms with van der Waals surface area (Å²) in [5.74, 6) is 0.914. The van der Waals surface area contributed by atoms with Crippen LogP contribution < -0.4 is 0 Å². The highest BCUT2D eigenvalue weighted by atomic mass is 32.2. The summed E-state index contributed by atoms with van der Waals surface area (Å²) in [4.78, 5) is 0. The first-order valence-electron chi connectivity index (χ1n) is 2.76. The van der Waals surface area contributed by atoms with E-state index in [9.17, 15) is 8.42 Å². The minimum Gasteiger partial charge on any atom is -0.229 e. The molecule has 2 nitrogen and oxygen atoms in total. The second kappa shape index (κ2) is 2.69. The van der Waals surface area contributed by atoms with Gasteiger partial charge in [-0.15, -0.1) is 0 Å². The molecule has 3 heteroatoms. The molecular weight excluding hydrogens is 136 g/mol. The number of rotatable bonds is 2. The standard InChI is InChI=1S/C5H10O2S.CH4/c1-8(6,7)4-5-2-3-5;/h5H,2-4H2,1H3;1H4. The highest BCUT2D eigenvalue weighted by Gasteiger charge is 2.25. The molecule has 0 heterocycles. The fraction of sp³-hybridized carbons (Fsp3) is 1.00. The van der Waals surface area contributed by atoms with E-state index in [2.05, 4.69) is 0 Å². The van der Waals surface area contributed by atoms with Crippen LogP contribution in [0.4, 0.5) is 0 Å².